The Morgan fingerprint density at radius 2 is 1.12 bits per heavy atom. The van der Waals surface area contributed by atoms with Gasteiger partial charge in [-0.1, -0.05) is 0 Å². The van der Waals surface area contributed by atoms with Gasteiger partial charge in [-0.25, -0.2) is 0 Å². The van der Waals surface area contributed by atoms with Gasteiger partial charge in [0, 0.05) is 33.6 Å². The minimum absolute atomic E-state index is 0. The zero-order valence-electron chi connectivity index (χ0n) is 2.71. The second-order valence-electron chi connectivity index (χ2n) is 0.415. The van der Waals surface area contributed by atoms with E-state index in [0.717, 1.165) is 0 Å². The quantitative estimate of drug-likeness (QED) is 0.497. The van der Waals surface area contributed by atoms with Crippen LogP contribution in [0, 0.1) is 0 Å². The Kier molecular flexibility index (Phi) is 25.4. The molecule has 8 heavy (non-hydrogen) atoms. The first-order valence-corrected chi connectivity index (χ1v) is 2.67. The zero-order valence-corrected chi connectivity index (χ0v) is 5.82. The van der Waals surface area contributed by atoms with E-state index in [4.69, 9.17) is 16.0 Å². The summed E-state index contributed by atoms with van der Waals surface area (Å²) in [6.07, 6.45) is 0. The van der Waals surface area contributed by atoms with E-state index in [9.17, 15) is 0 Å². The molecule has 0 saturated carbocycles. The first-order valence-electron chi connectivity index (χ1n) is 0.647. The van der Waals surface area contributed by atoms with Crippen LogP contribution in [0.5, 0.6) is 0 Å². The van der Waals surface area contributed by atoms with Crippen LogP contribution in [0.25, 0.3) is 0 Å². The number of hydrogen-bond donors (Lipinski definition) is 2. The molecule has 8 heteroatoms. The predicted molar refractivity (Wildman–Crippen MR) is 13.0 cm³/mol. The van der Waals surface area contributed by atoms with E-state index < -0.39 is 13.4 Å². The molecule has 0 bridgehead atoms. The molecule has 56 valence electrons. The summed E-state index contributed by atoms with van der Waals surface area (Å²) in [5, 5.41) is 0. The van der Waals surface area contributed by atoms with E-state index in [-0.39, 0.29) is 63.1 Å². The van der Waals surface area contributed by atoms with Gasteiger partial charge in [0.25, 0.3) is 0 Å². The third-order valence-electron chi connectivity index (χ3n) is 0. The second kappa shape index (κ2) is 9.05. The number of hydrogen-bond acceptors (Lipinski definition) is 2. The molecule has 4 nitrogen and oxygen atoms in total. The third kappa shape index (κ3) is 95.1. The molecule has 0 amide bonds. The van der Waals surface area contributed by atoms with Crippen LogP contribution in [-0.2, 0) is 54.6 Å². The van der Waals surface area contributed by atoms with E-state index in [1.165, 1.54) is 0 Å². The Bertz CT molecular complexity index is 99.2. The van der Waals surface area contributed by atoms with Gasteiger partial charge >= 0.3 is 59.0 Å². The Hall–Kier alpha value is 2.05. The van der Waals surface area contributed by atoms with Crippen molar-refractivity contribution in [3.8, 4) is 0 Å². The predicted octanol–water partition coefficient (Wildman–Crippen LogP) is -2.01. The fraction of sp³-hybridized carbons (Fsp3) is 0. The van der Waals surface area contributed by atoms with E-state index in [1.54, 1.807) is 0 Å². The van der Waals surface area contributed by atoms with Gasteiger partial charge in [-0.2, -0.15) is 0 Å². The van der Waals surface area contributed by atoms with Gasteiger partial charge in [-0.3, -0.25) is 0 Å². The van der Waals surface area contributed by atoms with Gasteiger partial charge in [-0.05, 0) is 0 Å². The molecule has 0 aromatic heterocycles. The molecule has 1 radical (unpaired) electrons. The SMILES string of the molecule is [Cu].[NaH].[Ni].[O]=[Mn](=[O])([OH])[OH]. The van der Waals surface area contributed by atoms with E-state index >= 15 is 0 Å². The standard InChI is InChI=1S/Cu.Mn.Na.Ni.2H2O.2O.H/h;;;;2*1H2;;;/q;+2;;;;;;;/p-2. The van der Waals surface area contributed by atoms with Crippen LogP contribution < -0.4 is 0 Å². The van der Waals surface area contributed by atoms with E-state index in [0.29, 0.717) is 0 Å². The van der Waals surface area contributed by atoms with Gasteiger partial charge in [0.2, 0.25) is 0 Å². The Balaban J connectivity index is -0.0000000267. The first-order chi connectivity index (χ1) is 2.00. The minimum atomic E-state index is -5.12. The summed E-state index contributed by atoms with van der Waals surface area (Å²) in [5.74, 6) is 0. The van der Waals surface area contributed by atoms with Crippen LogP contribution in [0.1, 0.15) is 0 Å². The number of rotatable bonds is 0. The van der Waals surface area contributed by atoms with Crippen molar-refractivity contribution >= 4 is 29.6 Å². The van der Waals surface area contributed by atoms with E-state index in [2.05, 4.69) is 0 Å². The average molecular weight is 267 g/mol. The van der Waals surface area contributed by atoms with Crippen LogP contribution >= 0.6 is 0 Å². The van der Waals surface area contributed by atoms with Gasteiger partial charge in [0.15, 0.2) is 0 Å². The summed E-state index contributed by atoms with van der Waals surface area (Å²) in [6.45, 7) is 0. The Morgan fingerprint density at radius 3 is 1.12 bits per heavy atom. The van der Waals surface area contributed by atoms with Gasteiger partial charge in [0.1, 0.15) is 0 Å². The second-order valence-corrected chi connectivity index (χ2v) is 1.71. The Morgan fingerprint density at radius 1 is 1.12 bits per heavy atom. The van der Waals surface area contributed by atoms with Gasteiger partial charge < -0.3 is 0 Å². The van der Waals surface area contributed by atoms with Crippen molar-refractivity contribution in [2.75, 3.05) is 0 Å². The van der Waals surface area contributed by atoms with Crippen LogP contribution in [0.15, 0.2) is 0 Å². The van der Waals surface area contributed by atoms with Crippen LogP contribution in [0.3, 0.4) is 0 Å². The maximum absolute atomic E-state index is 8.80. The molecule has 0 aliphatic carbocycles. The summed E-state index contributed by atoms with van der Waals surface area (Å²) >= 11 is -5.12. The molecule has 0 heterocycles. The molecule has 0 aromatic carbocycles. The molecule has 0 unspecified atom stereocenters. The van der Waals surface area contributed by atoms with Crippen molar-refractivity contribution < 1.29 is 63.0 Å². The summed E-state index contributed by atoms with van der Waals surface area (Å²) in [5.41, 5.74) is 0. The summed E-state index contributed by atoms with van der Waals surface area (Å²) in [4.78, 5) is 0. The van der Waals surface area contributed by atoms with Crippen molar-refractivity contribution in [3.05, 3.63) is 0 Å². The molecule has 0 aromatic rings. The van der Waals surface area contributed by atoms with Gasteiger partial charge in [-0.15, -0.1) is 0 Å². The van der Waals surface area contributed by atoms with Crippen LogP contribution in [0.4, 0.5) is 0 Å². The molecule has 0 rings (SSSR count). The normalized spacial score (nSPS) is 7.25. The van der Waals surface area contributed by atoms with Crippen LogP contribution in [0.2, 0.25) is 0 Å². The van der Waals surface area contributed by atoms with Crippen molar-refractivity contribution in [3.63, 3.8) is 0 Å². The molecular weight excluding hydrogens is 264 g/mol. The summed E-state index contributed by atoms with van der Waals surface area (Å²) in [7, 11) is 0. The molecular formula is H3CuMnNaNiO4. The van der Waals surface area contributed by atoms with Gasteiger partial charge in [0.05, 0.1) is 0 Å². The molecule has 0 fully saturated rings. The monoisotopic (exact) mass is 266 g/mol. The van der Waals surface area contributed by atoms with Crippen molar-refractivity contribution in [1.29, 1.82) is 0 Å². The first kappa shape index (κ1) is 22.5. The Labute approximate surface area is 91.4 Å². The van der Waals surface area contributed by atoms with Crippen molar-refractivity contribution in [2.45, 2.75) is 0 Å². The molecule has 0 aliphatic heterocycles. The van der Waals surface area contributed by atoms with Crippen LogP contribution in [-0.4, -0.2) is 37.9 Å². The zero-order chi connectivity index (χ0) is 4.50. The summed E-state index contributed by atoms with van der Waals surface area (Å²) < 4.78 is 31.8. The fourth-order valence-corrected chi connectivity index (χ4v) is 0. The molecule has 0 atom stereocenters. The maximum atomic E-state index is 8.80. The third-order valence-corrected chi connectivity index (χ3v) is 0. The molecule has 0 spiro atoms. The molecule has 2 N–H and O–H groups in total. The van der Waals surface area contributed by atoms with Crippen molar-refractivity contribution in [1.82, 2.24) is 0 Å². The molecule has 0 aliphatic rings. The summed E-state index contributed by atoms with van der Waals surface area (Å²) in [6, 6.07) is 0. The fourth-order valence-electron chi connectivity index (χ4n) is 0. The van der Waals surface area contributed by atoms with E-state index in [1.807, 2.05) is 0 Å². The molecule has 0 saturated heterocycles. The topological polar surface area (TPSA) is 74.6 Å². The average Bonchev–Trinajstić information content (AvgIpc) is 0.722. The van der Waals surface area contributed by atoms with Crippen molar-refractivity contribution in [2.24, 2.45) is 0 Å².